The van der Waals surface area contributed by atoms with Crippen LogP contribution in [0.4, 0.5) is 5.69 Å². The first-order valence-electron chi connectivity index (χ1n) is 9.86. The van der Waals surface area contributed by atoms with Crippen LogP contribution in [0, 0.1) is 5.92 Å². The summed E-state index contributed by atoms with van der Waals surface area (Å²) in [6.07, 6.45) is 3.99. The van der Waals surface area contributed by atoms with Crippen molar-refractivity contribution in [3.63, 3.8) is 0 Å². The van der Waals surface area contributed by atoms with Gasteiger partial charge in [0.1, 0.15) is 0 Å². The second-order valence-corrected chi connectivity index (χ2v) is 8.44. The Hall–Kier alpha value is -2.93. The Bertz CT molecular complexity index is 1050. The summed E-state index contributed by atoms with van der Waals surface area (Å²) < 4.78 is 2.72. The minimum absolute atomic E-state index is 0.0197. The van der Waals surface area contributed by atoms with E-state index in [0.29, 0.717) is 19.6 Å². The molecule has 4 rings (SSSR count). The van der Waals surface area contributed by atoms with Gasteiger partial charge in [0.2, 0.25) is 11.8 Å². The molecule has 1 saturated heterocycles. The largest absolute Gasteiger partial charge is 0.341 e. The van der Waals surface area contributed by atoms with Crippen LogP contribution in [0.25, 0.3) is 0 Å². The summed E-state index contributed by atoms with van der Waals surface area (Å²) >= 11 is 3.49. The average Bonchev–Trinajstić information content (AvgIpc) is 3.35. The lowest BCUT2D eigenvalue weighted by Crippen LogP contribution is -2.34. The third-order valence-corrected chi connectivity index (χ3v) is 5.96. The highest BCUT2D eigenvalue weighted by atomic mass is 79.9. The molecule has 3 aromatic rings. The van der Waals surface area contributed by atoms with Gasteiger partial charge in [-0.15, -0.1) is 0 Å². The van der Waals surface area contributed by atoms with Crippen molar-refractivity contribution in [1.82, 2.24) is 14.7 Å². The Kier molecular flexibility index (Phi) is 5.99. The van der Waals surface area contributed by atoms with Crippen LogP contribution >= 0.6 is 15.9 Å². The zero-order valence-corrected chi connectivity index (χ0v) is 18.3. The van der Waals surface area contributed by atoms with Crippen molar-refractivity contribution in [1.29, 1.82) is 0 Å². The summed E-state index contributed by atoms with van der Waals surface area (Å²) in [6.45, 7) is 1.56. The molecule has 0 saturated carbocycles. The zero-order valence-electron chi connectivity index (χ0n) is 16.7. The fourth-order valence-corrected chi connectivity index (χ4v) is 4.28. The van der Waals surface area contributed by atoms with Gasteiger partial charge in [-0.1, -0.05) is 42.5 Å². The first-order valence-corrected chi connectivity index (χ1v) is 10.7. The molecule has 1 unspecified atom stereocenters. The normalized spacial score (nSPS) is 16.1. The molecule has 30 heavy (non-hydrogen) atoms. The van der Waals surface area contributed by atoms with Crippen molar-refractivity contribution in [2.24, 2.45) is 5.92 Å². The highest BCUT2D eigenvalue weighted by molar-refractivity contribution is 9.10. The molecular formula is C23H23BrN4O2. The van der Waals surface area contributed by atoms with Crippen LogP contribution in [0.3, 0.4) is 0 Å². The van der Waals surface area contributed by atoms with E-state index in [9.17, 15) is 9.59 Å². The van der Waals surface area contributed by atoms with Crippen LogP contribution in [0.1, 0.15) is 17.5 Å². The van der Waals surface area contributed by atoms with E-state index in [1.807, 2.05) is 53.3 Å². The van der Waals surface area contributed by atoms with Crippen molar-refractivity contribution in [3.8, 4) is 0 Å². The van der Waals surface area contributed by atoms with E-state index in [4.69, 9.17) is 0 Å². The lowest BCUT2D eigenvalue weighted by atomic mass is 10.1. The van der Waals surface area contributed by atoms with E-state index in [1.54, 1.807) is 23.0 Å². The number of benzene rings is 2. The van der Waals surface area contributed by atoms with Gasteiger partial charge in [-0.2, -0.15) is 5.10 Å². The predicted molar refractivity (Wildman–Crippen MR) is 119 cm³/mol. The molecular weight excluding hydrogens is 444 g/mol. The smallest absolute Gasteiger partial charge is 0.228 e. The first kappa shape index (κ1) is 20.3. The number of rotatable bonds is 6. The van der Waals surface area contributed by atoms with Crippen LogP contribution in [0.2, 0.25) is 0 Å². The molecule has 6 nitrogen and oxygen atoms in total. The standard InChI is InChI=1S/C23H23BrN4O2/c1-26(13-18-12-25-27(15-18)14-17-7-3-2-4-8-17)23(30)19-11-22(29)28(16-19)21-10-6-5-9-20(21)24/h2-10,12,15,19H,11,13-14,16H2,1H3. The lowest BCUT2D eigenvalue weighted by Gasteiger charge is -2.21. The molecule has 1 aromatic heterocycles. The number of nitrogens with zero attached hydrogens (tertiary/aromatic N) is 4. The fourth-order valence-electron chi connectivity index (χ4n) is 3.78. The minimum Gasteiger partial charge on any atom is -0.341 e. The Morgan fingerprint density at radius 1 is 1.13 bits per heavy atom. The van der Waals surface area contributed by atoms with Gasteiger partial charge < -0.3 is 9.80 Å². The Balaban J connectivity index is 1.37. The third-order valence-electron chi connectivity index (χ3n) is 5.29. The molecule has 0 radical (unpaired) electrons. The van der Waals surface area contributed by atoms with Crippen LogP contribution < -0.4 is 4.90 Å². The van der Waals surface area contributed by atoms with Crippen LogP contribution in [-0.4, -0.2) is 40.1 Å². The molecule has 1 fully saturated rings. The van der Waals surface area contributed by atoms with Gasteiger partial charge in [0.05, 0.1) is 24.3 Å². The molecule has 1 aliphatic rings. The SMILES string of the molecule is CN(Cc1cnn(Cc2ccccc2)c1)C(=O)C1CC(=O)N(c2ccccc2Br)C1. The van der Waals surface area contributed by atoms with Gasteiger partial charge in [-0.05, 0) is 33.6 Å². The third kappa shape index (κ3) is 4.46. The molecule has 2 amide bonds. The van der Waals surface area contributed by atoms with Gasteiger partial charge >= 0.3 is 0 Å². The lowest BCUT2D eigenvalue weighted by molar-refractivity contribution is -0.135. The maximum atomic E-state index is 13.0. The number of anilines is 1. The number of hydrogen-bond donors (Lipinski definition) is 0. The van der Waals surface area contributed by atoms with Gasteiger partial charge in [-0.25, -0.2) is 0 Å². The molecule has 1 atom stereocenters. The number of hydrogen-bond acceptors (Lipinski definition) is 3. The Morgan fingerprint density at radius 3 is 2.63 bits per heavy atom. The van der Waals surface area contributed by atoms with E-state index in [2.05, 4.69) is 33.2 Å². The average molecular weight is 467 g/mol. The highest BCUT2D eigenvalue weighted by Crippen LogP contribution is 2.31. The monoisotopic (exact) mass is 466 g/mol. The summed E-state index contributed by atoms with van der Waals surface area (Å²) in [5.41, 5.74) is 2.95. The second-order valence-electron chi connectivity index (χ2n) is 7.58. The van der Waals surface area contributed by atoms with E-state index in [0.717, 1.165) is 15.7 Å². The van der Waals surface area contributed by atoms with E-state index >= 15 is 0 Å². The topological polar surface area (TPSA) is 58.4 Å². The Labute approximate surface area is 184 Å². The Morgan fingerprint density at radius 2 is 1.87 bits per heavy atom. The van der Waals surface area contributed by atoms with E-state index < -0.39 is 0 Å². The summed E-state index contributed by atoms with van der Waals surface area (Å²) in [5, 5.41) is 4.41. The molecule has 0 spiro atoms. The van der Waals surface area contributed by atoms with Crippen molar-refractivity contribution in [2.45, 2.75) is 19.5 Å². The van der Waals surface area contributed by atoms with Crippen LogP contribution in [0.15, 0.2) is 71.5 Å². The quantitative estimate of drug-likeness (QED) is 0.556. The molecule has 154 valence electrons. The summed E-state index contributed by atoms with van der Waals surface area (Å²) in [7, 11) is 1.78. The van der Waals surface area contributed by atoms with Crippen molar-refractivity contribution >= 4 is 33.4 Å². The predicted octanol–water partition coefficient (Wildman–Crippen LogP) is 3.71. The number of carbonyl (C=O) groups excluding carboxylic acids is 2. The van der Waals surface area contributed by atoms with Crippen molar-refractivity contribution < 1.29 is 9.59 Å². The minimum atomic E-state index is -0.339. The van der Waals surface area contributed by atoms with E-state index in [-0.39, 0.29) is 24.2 Å². The summed E-state index contributed by atoms with van der Waals surface area (Å²) in [6, 6.07) is 17.7. The second kappa shape index (κ2) is 8.83. The molecule has 0 bridgehead atoms. The maximum Gasteiger partial charge on any atom is 0.228 e. The number of halogens is 1. The maximum absolute atomic E-state index is 13.0. The van der Waals surface area contributed by atoms with Crippen LogP contribution in [-0.2, 0) is 22.7 Å². The molecule has 7 heteroatoms. The number of amides is 2. The summed E-state index contributed by atoms with van der Waals surface area (Å²) in [5.74, 6) is -0.382. The highest BCUT2D eigenvalue weighted by Gasteiger charge is 2.37. The molecule has 2 heterocycles. The number of aromatic nitrogens is 2. The van der Waals surface area contributed by atoms with Gasteiger partial charge in [0, 0.05) is 42.8 Å². The van der Waals surface area contributed by atoms with Gasteiger partial charge in [-0.3, -0.25) is 14.3 Å². The molecule has 2 aromatic carbocycles. The molecule has 0 aliphatic carbocycles. The zero-order chi connectivity index (χ0) is 21.1. The van der Waals surface area contributed by atoms with Gasteiger partial charge in [0.25, 0.3) is 0 Å². The van der Waals surface area contributed by atoms with Crippen LogP contribution in [0.5, 0.6) is 0 Å². The summed E-state index contributed by atoms with van der Waals surface area (Å²) in [4.78, 5) is 28.9. The number of carbonyl (C=O) groups is 2. The fraction of sp³-hybridized carbons (Fsp3) is 0.261. The first-order chi connectivity index (χ1) is 14.5. The molecule has 1 aliphatic heterocycles. The van der Waals surface area contributed by atoms with E-state index in [1.165, 1.54) is 5.56 Å². The number of para-hydroxylation sites is 1. The van der Waals surface area contributed by atoms with Crippen molar-refractivity contribution in [2.75, 3.05) is 18.5 Å². The molecule has 0 N–H and O–H groups in total. The van der Waals surface area contributed by atoms with Crippen molar-refractivity contribution in [3.05, 3.63) is 82.6 Å². The van der Waals surface area contributed by atoms with Gasteiger partial charge in [0.15, 0.2) is 0 Å².